The Morgan fingerprint density at radius 1 is 1.18 bits per heavy atom. The Labute approximate surface area is 175 Å². The molecule has 1 aliphatic rings. The first kappa shape index (κ1) is 20.8. The summed E-state index contributed by atoms with van der Waals surface area (Å²) in [5.41, 5.74) is 0.835. The van der Waals surface area contributed by atoms with Crippen LogP contribution in [-0.4, -0.2) is 43.8 Å². The van der Waals surface area contributed by atoms with Gasteiger partial charge in [0.25, 0.3) is 5.91 Å². The summed E-state index contributed by atoms with van der Waals surface area (Å²) in [6, 6.07) is 12.4. The zero-order chi connectivity index (χ0) is 19.9. The van der Waals surface area contributed by atoms with Crippen LogP contribution in [0.25, 0.3) is 0 Å². The smallest absolute Gasteiger partial charge is 0.260 e. The quantitative estimate of drug-likeness (QED) is 0.622. The van der Waals surface area contributed by atoms with Gasteiger partial charge in [-0.1, -0.05) is 29.3 Å². The number of carbonyl (C=O) groups is 1. The number of hydrogen-bond acceptors (Lipinski definition) is 4. The molecule has 0 unspecified atom stereocenters. The Morgan fingerprint density at radius 2 is 1.93 bits per heavy atom. The molecular weight excluding hydrogens is 401 g/mol. The van der Waals surface area contributed by atoms with Gasteiger partial charge in [-0.25, -0.2) is 0 Å². The van der Waals surface area contributed by atoms with Gasteiger partial charge < -0.3 is 19.1 Å². The number of methoxy groups -OCH3 is 1. The standard InChI is InChI=1S/C21H23Cl2NO4/c1-26-17-6-8-18(9-7-17)28-14-21(25)24(13-19-3-2-10-27-19)12-15-4-5-16(22)11-20(15)23/h4-9,11,19H,2-3,10,12-14H2,1H3/t19-/m0/s1. The number of nitrogens with zero attached hydrogens (tertiary/aromatic N) is 1. The highest BCUT2D eigenvalue weighted by atomic mass is 35.5. The van der Waals surface area contributed by atoms with Crippen LogP contribution in [-0.2, 0) is 16.1 Å². The highest BCUT2D eigenvalue weighted by Crippen LogP contribution is 2.24. The third-order valence-electron chi connectivity index (χ3n) is 4.60. The van der Waals surface area contributed by atoms with Crippen LogP contribution < -0.4 is 9.47 Å². The van der Waals surface area contributed by atoms with E-state index in [1.807, 2.05) is 6.07 Å². The Morgan fingerprint density at radius 3 is 2.57 bits per heavy atom. The van der Waals surface area contributed by atoms with Crippen molar-refractivity contribution in [2.24, 2.45) is 0 Å². The minimum Gasteiger partial charge on any atom is -0.497 e. The summed E-state index contributed by atoms with van der Waals surface area (Å²) >= 11 is 12.3. The topological polar surface area (TPSA) is 48.0 Å². The van der Waals surface area contributed by atoms with E-state index in [4.69, 9.17) is 37.4 Å². The number of carbonyl (C=O) groups excluding carboxylic acids is 1. The van der Waals surface area contributed by atoms with E-state index in [9.17, 15) is 4.79 Å². The molecule has 150 valence electrons. The van der Waals surface area contributed by atoms with Crippen LogP contribution in [0, 0.1) is 0 Å². The van der Waals surface area contributed by atoms with Crippen molar-refractivity contribution >= 4 is 29.1 Å². The number of hydrogen-bond donors (Lipinski definition) is 0. The maximum atomic E-state index is 12.9. The van der Waals surface area contributed by atoms with Gasteiger partial charge in [-0.2, -0.15) is 0 Å². The molecule has 1 atom stereocenters. The SMILES string of the molecule is COc1ccc(OCC(=O)N(Cc2ccc(Cl)cc2Cl)C[C@@H]2CCCO2)cc1. The molecule has 28 heavy (non-hydrogen) atoms. The third kappa shape index (κ3) is 5.77. The van der Waals surface area contributed by atoms with Crippen LogP contribution in [0.4, 0.5) is 0 Å². The van der Waals surface area contributed by atoms with Gasteiger partial charge in [-0.15, -0.1) is 0 Å². The Balaban J connectivity index is 1.66. The van der Waals surface area contributed by atoms with E-state index in [1.54, 1.807) is 48.4 Å². The van der Waals surface area contributed by atoms with E-state index >= 15 is 0 Å². The van der Waals surface area contributed by atoms with Gasteiger partial charge in [0.05, 0.1) is 13.2 Å². The van der Waals surface area contributed by atoms with Crippen LogP contribution in [0.15, 0.2) is 42.5 Å². The number of amides is 1. The van der Waals surface area contributed by atoms with Crippen molar-refractivity contribution in [1.82, 2.24) is 4.90 Å². The molecule has 7 heteroatoms. The van der Waals surface area contributed by atoms with Gasteiger partial charge in [0.15, 0.2) is 6.61 Å². The van der Waals surface area contributed by atoms with Crippen LogP contribution >= 0.6 is 23.2 Å². The Kier molecular flexibility index (Phi) is 7.43. The zero-order valence-corrected chi connectivity index (χ0v) is 17.2. The first-order valence-corrected chi connectivity index (χ1v) is 9.91. The fourth-order valence-electron chi connectivity index (χ4n) is 3.05. The molecule has 3 rings (SSSR count). The zero-order valence-electron chi connectivity index (χ0n) is 15.7. The second-order valence-electron chi connectivity index (χ2n) is 6.61. The largest absolute Gasteiger partial charge is 0.497 e. The highest BCUT2D eigenvalue weighted by molar-refractivity contribution is 6.35. The number of ether oxygens (including phenoxy) is 3. The summed E-state index contributed by atoms with van der Waals surface area (Å²) in [5, 5.41) is 1.10. The second-order valence-corrected chi connectivity index (χ2v) is 7.45. The van der Waals surface area contributed by atoms with Crippen molar-refractivity contribution in [3.63, 3.8) is 0 Å². The van der Waals surface area contributed by atoms with Gasteiger partial charge in [-0.3, -0.25) is 4.79 Å². The normalized spacial score (nSPS) is 16.0. The van der Waals surface area contributed by atoms with Gasteiger partial charge in [0, 0.05) is 29.7 Å². The Bertz CT molecular complexity index is 791. The fraction of sp³-hybridized carbons (Fsp3) is 0.381. The van der Waals surface area contributed by atoms with Crippen molar-refractivity contribution in [1.29, 1.82) is 0 Å². The lowest BCUT2D eigenvalue weighted by Crippen LogP contribution is -2.39. The van der Waals surface area contributed by atoms with Crippen molar-refractivity contribution in [2.75, 3.05) is 26.9 Å². The van der Waals surface area contributed by atoms with E-state index in [1.165, 1.54) is 0 Å². The molecule has 2 aromatic rings. The summed E-state index contributed by atoms with van der Waals surface area (Å²) in [6.45, 7) is 1.55. The molecule has 0 N–H and O–H groups in total. The minimum absolute atomic E-state index is 0.0380. The van der Waals surface area contributed by atoms with Crippen molar-refractivity contribution in [3.05, 3.63) is 58.1 Å². The molecule has 0 saturated carbocycles. The van der Waals surface area contributed by atoms with E-state index in [0.29, 0.717) is 28.9 Å². The van der Waals surface area contributed by atoms with Gasteiger partial charge in [0.1, 0.15) is 11.5 Å². The monoisotopic (exact) mass is 423 g/mol. The first-order valence-electron chi connectivity index (χ1n) is 9.15. The average molecular weight is 424 g/mol. The summed E-state index contributed by atoms with van der Waals surface area (Å²) < 4.78 is 16.5. The minimum atomic E-state index is -0.127. The number of rotatable bonds is 8. The second kappa shape index (κ2) is 10.0. The maximum Gasteiger partial charge on any atom is 0.260 e. The van der Waals surface area contributed by atoms with E-state index in [0.717, 1.165) is 30.8 Å². The van der Waals surface area contributed by atoms with Crippen LogP contribution in [0.3, 0.4) is 0 Å². The lowest BCUT2D eigenvalue weighted by molar-refractivity contribution is -0.135. The number of halogens is 2. The molecule has 0 bridgehead atoms. The molecule has 1 fully saturated rings. The third-order valence-corrected chi connectivity index (χ3v) is 5.19. The summed E-state index contributed by atoms with van der Waals surface area (Å²) in [5.74, 6) is 1.21. The molecule has 1 aliphatic heterocycles. The van der Waals surface area contributed by atoms with E-state index in [2.05, 4.69) is 0 Å². The summed E-state index contributed by atoms with van der Waals surface area (Å²) in [6.07, 6.45) is 1.99. The molecule has 1 heterocycles. The van der Waals surface area contributed by atoms with E-state index in [-0.39, 0.29) is 18.6 Å². The molecule has 2 aromatic carbocycles. The first-order chi connectivity index (χ1) is 13.5. The average Bonchev–Trinajstić information content (AvgIpc) is 3.21. The molecule has 0 spiro atoms. The number of benzene rings is 2. The van der Waals surface area contributed by atoms with Crippen LogP contribution in [0.5, 0.6) is 11.5 Å². The van der Waals surface area contributed by atoms with Crippen LogP contribution in [0.1, 0.15) is 18.4 Å². The molecule has 5 nitrogen and oxygen atoms in total. The molecule has 0 radical (unpaired) electrons. The lowest BCUT2D eigenvalue weighted by atomic mass is 10.1. The van der Waals surface area contributed by atoms with Crippen molar-refractivity contribution < 1.29 is 19.0 Å². The predicted molar refractivity (Wildman–Crippen MR) is 109 cm³/mol. The molecular formula is C21H23Cl2NO4. The van der Waals surface area contributed by atoms with Crippen molar-refractivity contribution in [3.8, 4) is 11.5 Å². The molecule has 0 aromatic heterocycles. The van der Waals surface area contributed by atoms with Gasteiger partial charge >= 0.3 is 0 Å². The van der Waals surface area contributed by atoms with Crippen LogP contribution in [0.2, 0.25) is 10.0 Å². The fourth-order valence-corrected chi connectivity index (χ4v) is 3.52. The molecule has 0 aliphatic carbocycles. The highest BCUT2D eigenvalue weighted by Gasteiger charge is 2.23. The summed E-state index contributed by atoms with van der Waals surface area (Å²) in [4.78, 5) is 14.6. The molecule has 1 amide bonds. The predicted octanol–water partition coefficient (Wildman–Crippen LogP) is 4.59. The lowest BCUT2D eigenvalue weighted by Gasteiger charge is -2.26. The molecule has 1 saturated heterocycles. The summed E-state index contributed by atoms with van der Waals surface area (Å²) in [7, 11) is 1.60. The van der Waals surface area contributed by atoms with Gasteiger partial charge in [-0.05, 0) is 54.8 Å². The Hall–Kier alpha value is -1.95. The maximum absolute atomic E-state index is 12.9. The van der Waals surface area contributed by atoms with E-state index < -0.39 is 0 Å². The van der Waals surface area contributed by atoms with Crippen molar-refractivity contribution in [2.45, 2.75) is 25.5 Å². The van der Waals surface area contributed by atoms with Gasteiger partial charge in [0.2, 0.25) is 0 Å².